The van der Waals surface area contributed by atoms with Crippen molar-refractivity contribution in [1.82, 2.24) is 4.90 Å². The SMILES string of the molecule is CCCC[C@@H]1OC[C@]2([C@H](O)[C@@H]3C=CCCC3)N1C(=O)[C@H](CCO)[C@]2(C)O. The summed E-state index contributed by atoms with van der Waals surface area (Å²) < 4.78 is 5.97. The zero-order chi connectivity index (χ0) is 18.9. The Kier molecular flexibility index (Phi) is 5.78. The first-order valence-corrected chi connectivity index (χ1v) is 10.0. The Bertz CT molecular complexity index is 548. The summed E-state index contributed by atoms with van der Waals surface area (Å²) in [6.07, 6.45) is 8.38. The van der Waals surface area contributed by atoms with Crippen molar-refractivity contribution in [2.24, 2.45) is 11.8 Å². The lowest BCUT2D eigenvalue weighted by molar-refractivity contribution is -0.142. The molecule has 148 valence electrons. The van der Waals surface area contributed by atoms with Crippen molar-refractivity contribution in [1.29, 1.82) is 0 Å². The molecule has 0 radical (unpaired) electrons. The molecular formula is C20H33NO5. The molecule has 6 heteroatoms. The molecule has 3 aliphatic rings. The number of unbranched alkanes of at least 4 members (excludes halogenated alkanes) is 1. The number of allylic oxidation sites excluding steroid dienone is 1. The predicted molar refractivity (Wildman–Crippen MR) is 97.1 cm³/mol. The summed E-state index contributed by atoms with van der Waals surface area (Å²) in [6, 6.07) is 0. The minimum Gasteiger partial charge on any atom is -0.396 e. The molecule has 1 amide bonds. The predicted octanol–water partition coefficient (Wildman–Crippen LogP) is 1.58. The number of fused-ring (bicyclic) bond motifs is 1. The van der Waals surface area contributed by atoms with Crippen molar-refractivity contribution in [3.05, 3.63) is 12.2 Å². The molecule has 2 fully saturated rings. The molecule has 2 heterocycles. The molecule has 0 aromatic carbocycles. The second-order valence-corrected chi connectivity index (χ2v) is 8.22. The van der Waals surface area contributed by atoms with Crippen molar-refractivity contribution in [3.8, 4) is 0 Å². The van der Waals surface area contributed by atoms with Crippen molar-refractivity contribution < 1.29 is 24.9 Å². The van der Waals surface area contributed by atoms with E-state index in [1.165, 1.54) is 0 Å². The van der Waals surface area contributed by atoms with E-state index < -0.39 is 29.4 Å². The Hall–Kier alpha value is -0.950. The third-order valence-electron chi connectivity index (χ3n) is 6.71. The van der Waals surface area contributed by atoms with Gasteiger partial charge in [0.2, 0.25) is 5.91 Å². The molecule has 0 spiro atoms. The van der Waals surface area contributed by atoms with Gasteiger partial charge in [-0.25, -0.2) is 0 Å². The number of aliphatic hydroxyl groups is 3. The van der Waals surface area contributed by atoms with Gasteiger partial charge in [-0.05, 0) is 45.4 Å². The van der Waals surface area contributed by atoms with Crippen molar-refractivity contribution in [3.63, 3.8) is 0 Å². The molecule has 1 aliphatic carbocycles. The van der Waals surface area contributed by atoms with Gasteiger partial charge in [-0.1, -0.05) is 25.5 Å². The highest BCUT2D eigenvalue weighted by Gasteiger charge is 2.72. The maximum atomic E-state index is 13.2. The first kappa shape index (κ1) is 19.8. The molecule has 3 rings (SSSR count). The maximum Gasteiger partial charge on any atom is 0.231 e. The van der Waals surface area contributed by atoms with Gasteiger partial charge in [-0.2, -0.15) is 0 Å². The second kappa shape index (κ2) is 7.58. The van der Waals surface area contributed by atoms with Crippen LogP contribution in [0.5, 0.6) is 0 Å². The Morgan fingerprint density at radius 3 is 2.81 bits per heavy atom. The van der Waals surface area contributed by atoms with Crippen LogP contribution in [0.15, 0.2) is 12.2 Å². The van der Waals surface area contributed by atoms with Crippen LogP contribution in [0.1, 0.15) is 58.8 Å². The zero-order valence-corrected chi connectivity index (χ0v) is 15.9. The molecule has 0 saturated carbocycles. The maximum absolute atomic E-state index is 13.2. The lowest BCUT2D eigenvalue weighted by Gasteiger charge is -2.46. The molecule has 3 N–H and O–H groups in total. The first-order valence-electron chi connectivity index (χ1n) is 10.0. The van der Waals surface area contributed by atoms with Crippen LogP contribution in [0, 0.1) is 11.8 Å². The molecule has 0 unspecified atom stereocenters. The highest BCUT2D eigenvalue weighted by atomic mass is 16.5. The summed E-state index contributed by atoms with van der Waals surface area (Å²) in [7, 11) is 0. The van der Waals surface area contributed by atoms with E-state index in [9.17, 15) is 20.1 Å². The van der Waals surface area contributed by atoms with E-state index >= 15 is 0 Å². The summed E-state index contributed by atoms with van der Waals surface area (Å²) in [5, 5.41) is 32.3. The van der Waals surface area contributed by atoms with E-state index in [4.69, 9.17) is 4.74 Å². The van der Waals surface area contributed by atoms with Crippen LogP contribution in [-0.2, 0) is 9.53 Å². The fourth-order valence-electron chi connectivity index (χ4n) is 5.17. The summed E-state index contributed by atoms with van der Waals surface area (Å²) in [5.41, 5.74) is -2.62. The Labute approximate surface area is 155 Å². The fourth-order valence-corrected chi connectivity index (χ4v) is 5.17. The van der Waals surface area contributed by atoms with E-state index in [1.807, 2.05) is 6.08 Å². The average molecular weight is 367 g/mol. The zero-order valence-electron chi connectivity index (χ0n) is 15.9. The minimum atomic E-state index is -1.46. The van der Waals surface area contributed by atoms with Crippen LogP contribution in [0.4, 0.5) is 0 Å². The molecule has 26 heavy (non-hydrogen) atoms. The summed E-state index contributed by atoms with van der Waals surface area (Å²) >= 11 is 0. The van der Waals surface area contributed by atoms with Gasteiger partial charge >= 0.3 is 0 Å². The Morgan fingerprint density at radius 2 is 2.19 bits per heavy atom. The van der Waals surface area contributed by atoms with Crippen molar-refractivity contribution in [2.75, 3.05) is 13.2 Å². The lowest BCUT2D eigenvalue weighted by Crippen LogP contribution is -2.66. The monoisotopic (exact) mass is 367 g/mol. The first-order chi connectivity index (χ1) is 12.4. The highest BCUT2D eigenvalue weighted by molar-refractivity contribution is 5.85. The van der Waals surface area contributed by atoms with Gasteiger partial charge in [0.15, 0.2) is 0 Å². The number of ether oxygens (including phenoxy) is 1. The molecule has 0 bridgehead atoms. The number of carbonyl (C=O) groups is 1. The molecule has 2 aliphatic heterocycles. The topological polar surface area (TPSA) is 90.2 Å². The van der Waals surface area contributed by atoms with E-state index in [0.29, 0.717) is 6.42 Å². The number of nitrogens with zero attached hydrogens (tertiary/aromatic N) is 1. The number of rotatable bonds is 7. The van der Waals surface area contributed by atoms with Gasteiger partial charge in [0, 0.05) is 12.5 Å². The number of carbonyl (C=O) groups excluding carboxylic acids is 1. The van der Waals surface area contributed by atoms with Gasteiger partial charge in [-0.15, -0.1) is 0 Å². The largest absolute Gasteiger partial charge is 0.396 e. The van der Waals surface area contributed by atoms with Crippen LogP contribution in [0.3, 0.4) is 0 Å². The van der Waals surface area contributed by atoms with Crippen LogP contribution >= 0.6 is 0 Å². The minimum absolute atomic E-state index is 0.105. The highest BCUT2D eigenvalue weighted by Crippen LogP contribution is 2.53. The van der Waals surface area contributed by atoms with Gasteiger partial charge in [0.05, 0.1) is 18.6 Å². The molecule has 0 aromatic heterocycles. The third-order valence-corrected chi connectivity index (χ3v) is 6.71. The fraction of sp³-hybridized carbons (Fsp3) is 0.850. The van der Waals surface area contributed by atoms with Crippen molar-refractivity contribution in [2.45, 2.75) is 82.3 Å². The summed E-state index contributed by atoms with van der Waals surface area (Å²) in [6.45, 7) is 3.68. The number of amides is 1. The quantitative estimate of drug-likeness (QED) is 0.595. The van der Waals surface area contributed by atoms with Gasteiger partial charge < -0.3 is 25.0 Å². The normalized spacial score (nSPS) is 40.9. The molecule has 2 saturated heterocycles. The van der Waals surface area contributed by atoms with Gasteiger partial charge in [0.25, 0.3) is 0 Å². The second-order valence-electron chi connectivity index (χ2n) is 8.22. The Balaban J connectivity index is 2.00. The molecule has 6 atom stereocenters. The van der Waals surface area contributed by atoms with Crippen molar-refractivity contribution >= 4 is 5.91 Å². The number of aliphatic hydroxyl groups excluding tert-OH is 2. The van der Waals surface area contributed by atoms with Crippen LogP contribution in [0.2, 0.25) is 0 Å². The molecular weight excluding hydrogens is 334 g/mol. The van der Waals surface area contributed by atoms with Gasteiger partial charge in [-0.3, -0.25) is 4.79 Å². The van der Waals surface area contributed by atoms with Gasteiger partial charge in [0.1, 0.15) is 17.4 Å². The summed E-state index contributed by atoms with van der Waals surface area (Å²) in [5.74, 6) is -1.03. The molecule has 6 nitrogen and oxygen atoms in total. The van der Waals surface area contributed by atoms with E-state index in [2.05, 4.69) is 13.0 Å². The third kappa shape index (κ3) is 2.82. The smallest absolute Gasteiger partial charge is 0.231 e. The summed E-state index contributed by atoms with van der Waals surface area (Å²) in [4.78, 5) is 14.8. The van der Waals surface area contributed by atoms with E-state index in [-0.39, 0.29) is 31.5 Å². The Morgan fingerprint density at radius 1 is 1.42 bits per heavy atom. The lowest BCUT2D eigenvalue weighted by atomic mass is 9.68. The number of hydrogen-bond acceptors (Lipinski definition) is 5. The van der Waals surface area contributed by atoms with E-state index in [1.54, 1.807) is 11.8 Å². The average Bonchev–Trinajstić information content (AvgIpc) is 3.11. The molecule has 0 aromatic rings. The standard InChI is InChI=1S/C20H33NO5/c1-3-4-10-16-21-18(24)15(11-12-22)19(2,25)20(21,13-26-16)17(23)14-8-6-5-7-9-14/h6,8,14-17,22-23,25H,3-5,7,9-13H2,1-2H3/t14-,15+,16+,17-,19+,20-/m1/s1. The van der Waals surface area contributed by atoms with Crippen LogP contribution in [0.25, 0.3) is 0 Å². The van der Waals surface area contributed by atoms with E-state index in [0.717, 1.165) is 32.1 Å². The number of hydrogen-bond donors (Lipinski definition) is 3. The van der Waals surface area contributed by atoms with Crippen LogP contribution in [-0.4, -0.2) is 62.8 Å². The van der Waals surface area contributed by atoms with Crippen LogP contribution < -0.4 is 0 Å².